The van der Waals surface area contributed by atoms with Crippen LogP contribution >= 0.6 is 0 Å². The van der Waals surface area contributed by atoms with E-state index in [1.165, 1.54) is 38.5 Å². The Morgan fingerprint density at radius 1 is 0.562 bits per heavy atom. The van der Waals surface area contributed by atoms with Gasteiger partial charge in [-0.3, -0.25) is 0 Å². The Hall–Kier alpha value is 0.742. The minimum absolute atomic E-state index is 0. The monoisotopic (exact) mass is 260 g/mol. The van der Waals surface area contributed by atoms with E-state index in [2.05, 4.69) is 0 Å². The number of halogens is 1. The van der Waals surface area contributed by atoms with Crippen molar-refractivity contribution in [1.29, 1.82) is 0 Å². The summed E-state index contributed by atoms with van der Waals surface area (Å²) in [4.78, 5) is 0. The molecule has 2 aliphatic carbocycles. The molecule has 2 fully saturated rings. The largest absolute Gasteiger partial charge is 3.00 e. The van der Waals surface area contributed by atoms with Gasteiger partial charge in [-0.25, -0.2) is 0 Å². The van der Waals surface area contributed by atoms with Crippen LogP contribution in [0.2, 0.25) is 0 Å². The first kappa shape index (κ1) is 19.1. The van der Waals surface area contributed by atoms with Crippen LogP contribution in [0, 0.1) is 0 Å². The summed E-state index contributed by atoms with van der Waals surface area (Å²) in [5, 5.41) is 21.1. The Morgan fingerprint density at radius 3 is 0.938 bits per heavy atom. The Morgan fingerprint density at radius 2 is 0.812 bits per heavy atom. The van der Waals surface area contributed by atoms with Crippen molar-refractivity contribution in [2.75, 3.05) is 0 Å². The van der Waals surface area contributed by atoms with Gasteiger partial charge in [-0.1, -0.05) is 64.2 Å². The summed E-state index contributed by atoms with van der Waals surface area (Å²) in [6, 6.07) is 0. The summed E-state index contributed by atoms with van der Waals surface area (Å²) >= 11 is 0. The molecule has 0 radical (unpaired) electrons. The first-order valence-electron chi connectivity index (χ1n) is 6.10. The van der Waals surface area contributed by atoms with E-state index < -0.39 is 0 Å². The van der Waals surface area contributed by atoms with Crippen molar-refractivity contribution in [3.05, 3.63) is 0 Å². The molecule has 0 unspecified atom stereocenters. The zero-order valence-electron chi connectivity index (χ0n) is 10.00. The van der Waals surface area contributed by atoms with Gasteiger partial charge in [0.2, 0.25) is 0 Å². The molecule has 2 aliphatic rings. The summed E-state index contributed by atoms with van der Waals surface area (Å²) in [6.07, 6.45) is 10.6. The van der Waals surface area contributed by atoms with E-state index in [-0.39, 0.29) is 42.0 Å². The average molecular weight is 261 g/mol. The van der Waals surface area contributed by atoms with Gasteiger partial charge in [-0.2, -0.15) is 0 Å². The van der Waals surface area contributed by atoms with E-state index in [9.17, 15) is 10.2 Å². The molecule has 0 aliphatic heterocycles. The summed E-state index contributed by atoms with van der Waals surface area (Å²) in [6.45, 7) is 0. The van der Waals surface area contributed by atoms with Gasteiger partial charge < -0.3 is 22.6 Å². The Labute approximate surface area is 116 Å². The molecule has 0 N–H and O–H groups in total. The van der Waals surface area contributed by atoms with Crippen molar-refractivity contribution in [3.63, 3.8) is 0 Å². The molecule has 0 bridgehead atoms. The van der Waals surface area contributed by atoms with Crippen LogP contribution in [-0.4, -0.2) is 29.6 Å². The molecule has 2 saturated carbocycles. The predicted molar refractivity (Wildman–Crippen MR) is 59.5 cm³/mol. The van der Waals surface area contributed by atoms with Crippen LogP contribution < -0.4 is 22.6 Å². The predicted octanol–water partition coefficient (Wildman–Crippen LogP) is -2.02. The summed E-state index contributed by atoms with van der Waals surface area (Å²) in [5.74, 6) is 0. The zero-order valence-corrected chi connectivity index (χ0v) is 11.9. The minimum atomic E-state index is -0.214. The van der Waals surface area contributed by atoms with E-state index in [1.807, 2.05) is 0 Å². The molecule has 16 heavy (non-hydrogen) atoms. The Bertz CT molecular complexity index is 119. The normalized spacial score (nSPS) is 22.1. The topological polar surface area (TPSA) is 46.1 Å². The molecule has 0 amide bonds. The molecule has 0 saturated heterocycles. The van der Waals surface area contributed by atoms with Gasteiger partial charge in [0.1, 0.15) is 0 Å². The van der Waals surface area contributed by atoms with Crippen LogP contribution in [0.15, 0.2) is 0 Å². The molecule has 0 spiro atoms. The third-order valence-corrected chi connectivity index (χ3v) is 3.10. The van der Waals surface area contributed by atoms with Crippen molar-refractivity contribution in [2.24, 2.45) is 0 Å². The van der Waals surface area contributed by atoms with Gasteiger partial charge in [0, 0.05) is 0 Å². The van der Waals surface area contributed by atoms with Gasteiger partial charge in [-0.15, -0.1) is 12.2 Å². The quantitative estimate of drug-likeness (QED) is 0.472. The maximum absolute atomic E-state index is 10.5. The third kappa shape index (κ3) is 9.93. The second-order valence-electron chi connectivity index (χ2n) is 4.52. The molecule has 2 nitrogen and oxygen atoms in total. The van der Waals surface area contributed by atoms with E-state index in [1.54, 1.807) is 0 Å². The second-order valence-corrected chi connectivity index (χ2v) is 4.52. The van der Waals surface area contributed by atoms with Crippen LogP contribution in [0.4, 0.5) is 0 Å². The van der Waals surface area contributed by atoms with Crippen LogP contribution in [0.1, 0.15) is 64.2 Å². The standard InChI is InChI=1S/2C6H11O.Al.ClH/c2*7-6-4-2-1-3-5-6;;/h2*6H,1-5H2;;1H/q2*-1;+3;/p-1. The van der Waals surface area contributed by atoms with Gasteiger partial charge in [0.05, 0.1) is 0 Å². The molecule has 0 atom stereocenters. The number of rotatable bonds is 0. The molecule has 4 heteroatoms. The van der Waals surface area contributed by atoms with Crippen LogP contribution in [0.25, 0.3) is 0 Å². The van der Waals surface area contributed by atoms with Gasteiger partial charge >= 0.3 is 17.4 Å². The molecule has 2 rings (SSSR count). The average Bonchev–Trinajstić information content (AvgIpc) is 2.21. The molecular weight excluding hydrogens is 239 g/mol. The number of hydrogen-bond donors (Lipinski definition) is 0. The molecule has 0 aromatic rings. The van der Waals surface area contributed by atoms with Crippen molar-refractivity contribution in [3.8, 4) is 0 Å². The van der Waals surface area contributed by atoms with Crippen LogP contribution in [0.5, 0.6) is 0 Å². The number of hydrogen-bond acceptors (Lipinski definition) is 2. The van der Waals surface area contributed by atoms with Gasteiger partial charge in [-0.05, 0) is 0 Å². The summed E-state index contributed by atoms with van der Waals surface area (Å²) in [5.41, 5.74) is 0. The van der Waals surface area contributed by atoms with Crippen molar-refractivity contribution >= 4 is 17.4 Å². The van der Waals surface area contributed by atoms with Crippen LogP contribution in [-0.2, 0) is 0 Å². The molecule has 0 aromatic heterocycles. The Kier molecular flexibility index (Phi) is 14.6. The fourth-order valence-electron chi connectivity index (χ4n) is 2.13. The smallest absolute Gasteiger partial charge is 1.00 e. The van der Waals surface area contributed by atoms with Gasteiger partial charge in [0.25, 0.3) is 0 Å². The SMILES string of the molecule is [Al+3].[Cl-].[O-]C1CCCCC1.[O-]C1CCCCC1. The van der Waals surface area contributed by atoms with Crippen molar-refractivity contribution < 1.29 is 22.6 Å². The summed E-state index contributed by atoms with van der Waals surface area (Å²) in [7, 11) is 0. The molecule has 0 heterocycles. The molecule has 92 valence electrons. The molecular formula is C12H22AlClO2. The van der Waals surface area contributed by atoms with Crippen molar-refractivity contribution in [1.82, 2.24) is 0 Å². The van der Waals surface area contributed by atoms with Crippen molar-refractivity contribution in [2.45, 2.75) is 76.4 Å². The van der Waals surface area contributed by atoms with E-state index in [4.69, 9.17) is 0 Å². The minimum Gasteiger partial charge on any atom is -1.00 e. The maximum atomic E-state index is 10.5. The maximum Gasteiger partial charge on any atom is 3.00 e. The third-order valence-electron chi connectivity index (χ3n) is 3.10. The summed E-state index contributed by atoms with van der Waals surface area (Å²) < 4.78 is 0. The van der Waals surface area contributed by atoms with E-state index >= 15 is 0 Å². The fourth-order valence-corrected chi connectivity index (χ4v) is 2.13. The van der Waals surface area contributed by atoms with Crippen LogP contribution in [0.3, 0.4) is 0 Å². The first-order chi connectivity index (χ1) is 6.79. The second kappa shape index (κ2) is 12.2. The Balaban J connectivity index is 0. The van der Waals surface area contributed by atoms with E-state index in [0.29, 0.717) is 0 Å². The van der Waals surface area contributed by atoms with E-state index in [0.717, 1.165) is 25.7 Å². The fraction of sp³-hybridized carbons (Fsp3) is 1.00. The first-order valence-corrected chi connectivity index (χ1v) is 6.10. The van der Waals surface area contributed by atoms with Gasteiger partial charge in [0.15, 0.2) is 0 Å². The molecule has 0 aromatic carbocycles. The zero-order chi connectivity index (χ0) is 10.2.